The summed E-state index contributed by atoms with van der Waals surface area (Å²) in [7, 11) is 0. The number of aromatic nitrogens is 4. The van der Waals surface area contributed by atoms with Crippen molar-refractivity contribution in [2.24, 2.45) is 0 Å². The third-order valence-corrected chi connectivity index (χ3v) is 4.74. The molecule has 0 atom stereocenters. The summed E-state index contributed by atoms with van der Waals surface area (Å²) in [5, 5.41) is 4.41. The highest BCUT2D eigenvalue weighted by molar-refractivity contribution is 6.33. The van der Waals surface area contributed by atoms with Crippen molar-refractivity contribution in [3.8, 4) is 11.4 Å². The molecule has 3 heterocycles. The fourth-order valence-electron chi connectivity index (χ4n) is 2.97. The van der Waals surface area contributed by atoms with Crippen LogP contribution < -0.4 is 5.32 Å². The SMILES string of the molecule is CCCn1c(-c2cnc(Nc3ccc(Cl)cc3)c(Cl)c2)nc2cnccc21. The summed E-state index contributed by atoms with van der Waals surface area (Å²) in [6, 6.07) is 11.2. The number of hydrogen-bond acceptors (Lipinski definition) is 4. The van der Waals surface area contributed by atoms with Gasteiger partial charge in [0.2, 0.25) is 0 Å². The standard InChI is InChI=1S/C20H17Cl2N5/c1-2-9-27-18-7-8-23-12-17(18)26-20(27)13-10-16(22)19(24-11-13)25-15-5-3-14(21)4-6-15/h3-8,10-12H,2,9H2,1H3,(H,24,25). The van der Waals surface area contributed by atoms with Crippen molar-refractivity contribution in [1.29, 1.82) is 0 Å². The van der Waals surface area contributed by atoms with Crippen molar-refractivity contribution in [2.45, 2.75) is 19.9 Å². The van der Waals surface area contributed by atoms with E-state index in [-0.39, 0.29) is 0 Å². The van der Waals surface area contributed by atoms with Crippen molar-refractivity contribution in [3.63, 3.8) is 0 Å². The first-order valence-electron chi connectivity index (χ1n) is 8.64. The zero-order chi connectivity index (χ0) is 18.8. The predicted molar refractivity (Wildman–Crippen MR) is 111 cm³/mol. The average molecular weight is 398 g/mol. The van der Waals surface area contributed by atoms with E-state index in [1.54, 1.807) is 18.6 Å². The molecule has 136 valence electrons. The molecular weight excluding hydrogens is 381 g/mol. The monoisotopic (exact) mass is 397 g/mol. The minimum atomic E-state index is 0.524. The molecule has 0 saturated heterocycles. The number of rotatable bonds is 5. The molecule has 0 fully saturated rings. The molecule has 0 spiro atoms. The smallest absolute Gasteiger partial charge is 0.149 e. The van der Waals surface area contributed by atoms with E-state index in [9.17, 15) is 0 Å². The highest BCUT2D eigenvalue weighted by atomic mass is 35.5. The Morgan fingerprint density at radius 1 is 1.07 bits per heavy atom. The second-order valence-electron chi connectivity index (χ2n) is 6.14. The maximum Gasteiger partial charge on any atom is 0.149 e. The summed E-state index contributed by atoms with van der Waals surface area (Å²) < 4.78 is 2.18. The van der Waals surface area contributed by atoms with Crippen LogP contribution in [-0.2, 0) is 6.54 Å². The van der Waals surface area contributed by atoms with Crippen molar-refractivity contribution in [1.82, 2.24) is 19.5 Å². The van der Waals surface area contributed by atoms with Crippen LogP contribution in [0.2, 0.25) is 10.0 Å². The molecule has 4 aromatic rings. The minimum Gasteiger partial charge on any atom is -0.339 e. The Balaban J connectivity index is 1.71. The highest BCUT2D eigenvalue weighted by Gasteiger charge is 2.14. The van der Waals surface area contributed by atoms with E-state index in [1.807, 2.05) is 36.4 Å². The number of hydrogen-bond donors (Lipinski definition) is 1. The molecule has 4 rings (SSSR count). The Bertz CT molecular complexity index is 1090. The van der Waals surface area contributed by atoms with Gasteiger partial charge in [-0.15, -0.1) is 0 Å². The molecule has 5 nitrogen and oxygen atoms in total. The second kappa shape index (κ2) is 7.55. The topological polar surface area (TPSA) is 55.6 Å². The van der Waals surface area contributed by atoms with Crippen LogP contribution in [0.5, 0.6) is 0 Å². The van der Waals surface area contributed by atoms with Crippen molar-refractivity contribution in [3.05, 3.63) is 65.0 Å². The van der Waals surface area contributed by atoms with Gasteiger partial charge in [-0.3, -0.25) is 4.98 Å². The normalized spacial score (nSPS) is 11.1. The van der Waals surface area contributed by atoms with Crippen LogP contribution in [0.25, 0.3) is 22.4 Å². The third kappa shape index (κ3) is 3.61. The van der Waals surface area contributed by atoms with Crippen molar-refractivity contribution >= 4 is 45.7 Å². The van der Waals surface area contributed by atoms with Gasteiger partial charge in [0.15, 0.2) is 0 Å². The first-order chi connectivity index (χ1) is 13.2. The van der Waals surface area contributed by atoms with Crippen LogP contribution in [0.3, 0.4) is 0 Å². The molecule has 0 saturated carbocycles. The zero-order valence-corrected chi connectivity index (χ0v) is 16.2. The average Bonchev–Trinajstić information content (AvgIpc) is 3.04. The van der Waals surface area contributed by atoms with E-state index >= 15 is 0 Å². The molecule has 0 amide bonds. The lowest BCUT2D eigenvalue weighted by Gasteiger charge is -2.11. The van der Waals surface area contributed by atoms with Gasteiger partial charge in [0.25, 0.3) is 0 Å². The van der Waals surface area contributed by atoms with Gasteiger partial charge in [-0.1, -0.05) is 30.1 Å². The Kier molecular flexibility index (Phi) is 4.97. The first kappa shape index (κ1) is 17.8. The van der Waals surface area contributed by atoms with Gasteiger partial charge >= 0.3 is 0 Å². The molecule has 0 bridgehead atoms. The van der Waals surface area contributed by atoms with Crippen LogP contribution in [0.15, 0.2) is 55.0 Å². The fourth-order valence-corrected chi connectivity index (χ4v) is 3.31. The second-order valence-corrected chi connectivity index (χ2v) is 6.98. The van der Waals surface area contributed by atoms with Gasteiger partial charge in [-0.2, -0.15) is 0 Å². The van der Waals surface area contributed by atoms with E-state index in [0.29, 0.717) is 15.9 Å². The number of pyridine rings is 2. The summed E-state index contributed by atoms with van der Waals surface area (Å²) in [5.74, 6) is 1.43. The predicted octanol–water partition coefficient (Wildman–Crippen LogP) is 5.95. The summed E-state index contributed by atoms with van der Waals surface area (Å²) in [6.45, 7) is 3.00. The van der Waals surface area contributed by atoms with E-state index in [0.717, 1.165) is 41.1 Å². The Hall–Kier alpha value is -2.63. The lowest BCUT2D eigenvalue weighted by atomic mass is 10.2. The number of anilines is 2. The van der Waals surface area contributed by atoms with Gasteiger partial charge in [0.05, 0.1) is 16.7 Å². The molecule has 0 aliphatic heterocycles. The van der Waals surface area contributed by atoms with Crippen molar-refractivity contribution in [2.75, 3.05) is 5.32 Å². The van der Waals surface area contributed by atoms with Gasteiger partial charge in [-0.25, -0.2) is 9.97 Å². The third-order valence-electron chi connectivity index (χ3n) is 4.20. The fraction of sp³-hybridized carbons (Fsp3) is 0.150. The van der Waals surface area contributed by atoms with Crippen LogP contribution in [0, 0.1) is 0 Å². The summed E-state index contributed by atoms with van der Waals surface area (Å²) >= 11 is 12.4. The number of halogens is 2. The molecule has 0 aliphatic carbocycles. The quantitative estimate of drug-likeness (QED) is 0.451. The van der Waals surface area contributed by atoms with E-state index < -0.39 is 0 Å². The van der Waals surface area contributed by atoms with E-state index in [1.165, 1.54) is 0 Å². The van der Waals surface area contributed by atoms with Crippen molar-refractivity contribution < 1.29 is 0 Å². The molecule has 3 aromatic heterocycles. The molecule has 0 aliphatic rings. The van der Waals surface area contributed by atoms with Gasteiger partial charge in [0, 0.05) is 35.2 Å². The summed E-state index contributed by atoms with van der Waals surface area (Å²) in [6.07, 6.45) is 6.34. The number of nitrogens with zero attached hydrogens (tertiary/aromatic N) is 4. The van der Waals surface area contributed by atoms with Crippen LogP contribution >= 0.6 is 23.2 Å². The lowest BCUT2D eigenvalue weighted by molar-refractivity contribution is 0.704. The molecule has 0 unspecified atom stereocenters. The maximum absolute atomic E-state index is 6.49. The summed E-state index contributed by atoms with van der Waals surface area (Å²) in [5.41, 5.74) is 3.65. The number of imidazole rings is 1. The number of benzene rings is 1. The number of nitrogens with one attached hydrogen (secondary N) is 1. The van der Waals surface area contributed by atoms with E-state index in [2.05, 4.69) is 26.8 Å². The van der Waals surface area contributed by atoms with Gasteiger partial charge in [0.1, 0.15) is 17.2 Å². The minimum absolute atomic E-state index is 0.524. The van der Waals surface area contributed by atoms with Gasteiger partial charge < -0.3 is 9.88 Å². The van der Waals surface area contributed by atoms with Gasteiger partial charge in [-0.05, 0) is 42.8 Å². The van der Waals surface area contributed by atoms with E-state index in [4.69, 9.17) is 28.2 Å². The molecule has 1 aromatic carbocycles. The zero-order valence-electron chi connectivity index (χ0n) is 14.7. The van der Waals surface area contributed by atoms with Crippen LogP contribution in [-0.4, -0.2) is 19.5 Å². The molecule has 0 radical (unpaired) electrons. The Labute approximate surface area is 167 Å². The number of aryl methyl sites for hydroxylation is 1. The van der Waals surface area contributed by atoms with Crippen LogP contribution in [0.4, 0.5) is 11.5 Å². The Morgan fingerprint density at radius 3 is 2.63 bits per heavy atom. The highest BCUT2D eigenvalue weighted by Crippen LogP contribution is 2.30. The molecular formula is C20H17Cl2N5. The lowest BCUT2D eigenvalue weighted by Crippen LogP contribution is -2.01. The van der Waals surface area contributed by atoms with Crippen LogP contribution in [0.1, 0.15) is 13.3 Å². The molecule has 1 N–H and O–H groups in total. The first-order valence-corrected chi connectivity index (χ1v) is 9.40. The Morgan fingerprint density at radius 2 is 1.89 bits per heavy atom. The summed E-state index contributed by atoms with van der Waals surface area (Å²) in [4.78, 5) is 13.4. The number of fused-ring (bicyclic) bond motifs is 1. The largest absolute Gasteiger partial charge is 0.339 e. The maximum atomic E-state index is 6.49. The molecule has 7 heteroatoms. The molecule has 27 heavy (non-hydrogen) atoms.